The Morgan fingerprint density at radius 2 is 2.11 bits per heavy atom. The van der Waals surface area contributed by atoms with Gasteiger partial charge in [-0.2, -0.15) is 0 Å². The van der Waals surface area contributed by atoms with Crippen LogP contribution in [-0.4, -0.2) is 68.7 Å². The minimum absolute atomic E-state index is 0.0178. The number of morpholine rings is 1. The maximum Gasteiger partial charge on any atom is 0.232 e. The first kappa shape index (κ1) is 29.9. The van der Waals surface area contributed by atoms with Crippen LogP contribution in [-0.2, 0) is 14.8 Å². The topological polar surface area (TPSA) is 142 Å². The molecule has 38 heavy (non-hydrogen) atoms. The van der Waals surface area contributed by atoms with E-state index in [0.717, 1.165) is 5.13 Å². The second-order valence-corrected chi connectivity index (χ2v) is 12.5. The third kappa shape index (κ3) is 8.18. The van der Waals surface area contributed by atoms with Gasteiger partial charge in [0.25, 0.3) is 0 Å². The summed E-state index contributed by atoms with van der Waals surface area (Å²) in [6.45, 7) is 11.5. The van der Waals surface area contributed by atoms with E-state index in [1.165, 1.54) is 11.3 Å². The first-order valence-electron chi connectivity index (χ1n) is 12.2. The molecule has 0 saturated carbocycles. The molecule has 0 atom stereocenters. The molecule has 5 N–H and O–H groups in total. The fourth-order valence-electron chi connectivity index (χ4n) is 3.59. The highest BCUT2D eigenvalue weighted by molar-refractivity contribution is 7.92. The van der Waals surface area contributed by atoms with Crippen LogP contribution in [0.25, 0.3) is 17.0 Å². The van der Waals surface area contributed by atoms with Crippen molar-refractivity contribution in [1.82, 2.24) is 10.3 Å². The number of thiazole rings is 1. The summed E-state index contributed by atoms with van der Waals surface area (Å²) in [5.74, 6) is 0.0930. The molecular formula is C25H35ClN6O4S2. The molecule has 0 spiro atoms. The molecule has 2 heterocycles. The van der Waals surface area contributed by atoms with Crippen LogP contribution in [0.3, 0.4) is 0 Å². The molecule has 0 aliphatic carbocycles. The summed E-state index contributed by atoms with van der Waals surface area (Å²) < 4.78 is 33.0. The Kier molecular flexibility index (Phi) is 10.2. The minimum Gasteiger partial charge on any atom is -0.389 e. The summed E-state index contributed by atoms with van der Waals surface area (Å²) in [5, 5.41) is 14.1. The number of rotatable bonds is 11. The highest BCUT2D eigenvalue weighted by Gasteiger charge is 2.25. The Hall–Kier alpha value is -2.64. The Morgan fingerprint density at radius 1 is 1.39 bits per heavy atom. The predicted octanol–water partition coefficient (Wildman–Crippen LogP) is 3.65. The molecule has 0 radical (unpaired) electrons. The Morgan fingerprint density at radius 3 is 2.74 bits per heavy atom. The van der Waals surface area contributed by atoms with Gasteiger partial charge in [-0.05, 0) is 32.4 Å². The van der Waals surface area contributed by atoms with Crippen molar-refractivity contribution in [2.75, 3.05) is 48.2 Å². The Labute approximate surface area is 233 Å². The van der Waals surface area contributed by atoms with Crippen molar-refractivity contribution in [3.05, 3.63) is 46.8 Å². The zero-order valence-corrected chi connectivity index (χ0v) is 24.2. The van der Waals surface area contributed by atoms with Crippen LogP contribution in [0.1, 0.15) is 32.1 Å². The van der Waals surface area contributed by atoms with E-state index in [9.17, 15) is 13.5 Å². The predicted molar refractivity (Wildman–Crippen MR) is 157 cm³/mol. The summed E-state index contributed by atoms with van der Waals surface area (Å²) in [5.41, 5.74) is 7.09. The summed E-state index contributed by atoms with van der Waals surface area (Å²) >= 11 is 8.21. The van der Waals surface area contributed by atoms with E-state index in [0.29, 0.717) is 54.6 Å². The number of ether oxygens (including phenoxy) is 1. The molecule has 0 bridgehead atoms. The van der Waals surface area contributed by atoms with Gasteiger partial charge in [0.05, 0.1) is 58.1 Å². The summed E-state index contributed by atoms with van der Waals surface area (Å²) in [6, 6.07) is 5.14. The molecular weight excluding hydrogens is 548 g/mol. The second-order valence-electron chi connectivity index (χ2n) is 9.32. The number of sulfonamides is 1. The van der Waals surface area contributed by atoms with Crippen molar-refractivity contribution in [3.8, 4) is 11.3 Å². The Bertz CT molecular complexity index is 1300. The number of hydrogen-bond acceptors (Lipinski definition) is 8. The number of halogens is 1. The number of nitrogens with zero attached hydrogens (tertiary/aromatic N) is 3. The number of guanidine groups is 1. The fraction of sp³-hybridized carbons (Fsp3) is 0.440. The number of nitrogens with one attached hydrogen (secondary N) is 2. The maximum atomic E-state index is 12.4. The number of aliphatic hydroxyl groups is 1. The molecule has 1 aromatic carbocycles. The lowest BCUT2D eigenvalue weighted by molar-refractivity contribution is 0.0903. The van der Waals surface area contributed by atoms with E-state index in [-0.39, 0.29) is 29.0 Å². The number of hydrogen-bond donors (Lipinski definition) is 4. The van der Waals surface area contributed by atoms with Crippen LogP contribution in [0, 0.1) is 0 Å². The summed E-state index contributed by atoms with van der Waals surface area (Å²) in [4.78, 5) is 12.0. The summed E-state index contributed by atoms with van der Waals surface area (Å²) in [6.07, 6.45) is 3.83. The van der Waals surface area contributed by atoms with Crippen molar-refractivity contribution in [2.24, 2.45) is 10.7 Å². The van der Waals surface area contributed by atoms with Crippen molar-refractivity contribution in [2.45, 2.75) is 32.8 Å². The Balaban J connectivity index is 2.10. The molecule has 2 aromatic rings. The molecule has 13 heteroatoms. The van der Waals surface area contributed by atoms with Crippen LogP contribution in [0.2, 0.25) is 5.02 Å². The van der Waals surface area contributed by atoms with E-state index >= 15 is 0 Å². The molecule has 1 saturated heterocycles. The summed E-state index contributed by atoms with van der Waals surface area (Å²) in [7, 11) is -3.55. The van der Waals surface area contributed by atoms with Crippen LogP contribution >= 0.6 is 22.9 Å². The lowest BCUT2D eigenvalue weighted by atomic mass is 10.1. The molecule has 0 amide bonds. The van der Waals surface area contributed by atoms with E-state index in [1.807, 2.05) is 0 Å². The average Bonchev–Trinajstić information content (AvgIpc) is 3.29. The van der Waals surface area contributed by atoms with Gasteiger partial charge < -0.3 is 25.8 Å². The van der Waals surface area contributed by atoms with Gasteiger partial charge in [0.2, 0.25) is 10.0 Å². The van der Waals surface area contributed by atoms with Crippen molar-refractivity contribution >= 4 is 55.4 Å². The van der Waals surface area contributed by atoms with Gasteiger partial charge in [0, 0.05) is 18.7 Å². The van der Waals surface area contributed by atoms with Crippen molar-refractivity contribution < 1.29 is 18.3 Å². The SMILES string of the molecule is C=C/C=C(\NC(N)=NCC(C)(C)O)c1sc(N2CCOCC2)nc1-c1cccc(NS(=O)(=O)CCC)c1Cl. The third-order valence-corrected chi connectivity index (χ3v) is 8.35. The largest absolute Gasteiger partial charge is 0.389 e. The van der Waals surface area contributed by atoms with Gasteiger partial charge in [-0.25, -0.2) is 13.4 Å². The number of anilines is 2. The first-order chi connectivity index (χ1) is 17.9. The van der Waals surface area contributed by atoms with Crippen molar-refractivity contribution in [3.63, 3.8) is 0 Å². The first-order valence-corrected chi connectivity index (χ1v) is 15.0. The maximum absolute atomic E-state index is 12.4. The number of allylic oxidation sites excluding steroid dienone is 2. The molecule has 1 fully saturated rings. The average molecular weight is 583 g/mol. The van der Waals surface area contributed by atoms with E-state index in [1.54, 1.807) is 51.1 Å². The molecule has 1 aromatic heterocycles. The number of aromatic nitrogens is 1. The quantitative estimate of drug-likeness (QED) is 0.179. The van der Waals surface area contributed by atoms with E-state index in [2.05, 4.69) is 26.5 Å². The normalized spacial score (nSPS) is 15.4. The highest BCUT2D eigenvalue weighted by atomic mass is 35.5. The minimum atomic E-state index is -3.55. The van der Waals surface area contributed by atoms with Crippen molar-refractivity contribution in [1.29, 1.82) is 0 Å². The molecule has 208 valence electrons. The smallest absolute Gasteiger partial charge is 0.232 e. The van der Waals surface area contributed by atoms with Crippen LogP contribution in [0.4, 0.5) is 10.8 Å². The van der Waals surface area contributed by atoms with Gasteiger partial charge >= 0.3 is 0 Å². The highest BCUT2D eigenvalue weighted by Crippen LogP contribution is 2.42. The zero-order valence-electron chi connectivity index (χ0n) is 21.8. The second kappa shape index (κ2) is 12.9. The van der Waals surface area contributed by atoms with Gasteiger partial charge in [-0.15, -0.1) is 0 Å². The number of benzene rings is 1. The molecule has 0 unspecified atom stereocenters. The lowest BCUT2D eigenvalue weighted by Gasteiger charge is -2.26. The molecule has 1 aliphatic rings. The monoisotopic (exact) mass is 582 g/mol. The molecule has 10 nitrogen and oxygen atoms in total. The van der Waals surface area contributed by atoms with Crippen LogP contribution in [0.5, 0.6) is 0 Å². The third-order valence-electron chi connectivity index (χ3n) is 5.32. The number of aliphatic imine (C=N–C) groups is 1. The molecule has 3 rings (SSSR count). The lowest BCUT2D eigenvalue weighted by Crippen LogP contribution is -2.36. The fourth-order valence-corrected chi connectivity index (χ4v) is 6.17. The van der Waals surface area contributed by atoms with Gasteiger partial charge in [0.1, 0.15) is 0 Å². The van der Waals surface area contributed by atoms with E-state index < -0.39 is 15.6 Å². The standard InChI is InChI=1S/C25H35ClN6O4S2/c1-5-8-19(29-23(27)28-16-25(3,4)33)22-21(30-24(37-22)32-11-13-36-14-12-32)17-9-7-10-18(20(17)26)31-38(34,35)15-6-2/h5,7-10,31,33H,1,6,11-16H2,2-4H3,(H3,27,28,29)/b19-8-. The number of nitrogens with two attached hydrogens (primary N) is 1. The zero-order chi connectivity index (χ0) is 27.9. The van der Waals surface area contributed by atoms with Gasteiger partial charge in [0.15, 0.2) is 11.1 Å². The van der Waals surface area contributed by atoms with Gasteiger partial charge in [-0.3, -0.25) is 9.71 Å². The van der Waals surface area contributed by atoms with E-state index in [4.69, 9.17) is 27.1 Å². The van der Waals surface area contributed by atoms with Crippen LogP contribution in [0.15, 0.2) is 41.9 Å². The van der Waals surface area contributed by atoms with Gasteiger partial charge in [-0.1, -0.05) is 54.6 Å². The van der Waals surface area contributed by atoms with Crippen LogP contribution < -0.4 is 20.7 Å². The molecule has 1 aliphatic heterocycles.